The Morgan fingerprint density at radius 1 is 1.42 bits per heavy atom. The van der Waals surface area contributed by atoms with Crippen LogP contribution in [0.3, 0.4) is 0 Å². The molecule has 3 heterocycles. The second-order valence-electron chi connectivity index (χ2n) is 7.70. The third-order valence-electron chi connectivity index (χ3n) is 6.58. The van der Waals surface area contributed by atoms with E-state index in [1.807, 2.05) is 0 Å². The molecule has 1 aromatic heterocycles. The summed E-state index contributed by atoms with van der Waals surface area (Å²) in [6, 6.07) is 8.78. The molecule has 4 rings (SSSR count). The van der Waals surface area contributed by atoms with Gasteiger partial charge in [0.2, 0.25) is 0 Å². The van der Waals surface area contributed by atoms with E-state index >= 15 is 0 Å². The molecule has 1 fully saturated rings. The summed E-state index contributed by atoms with van der Waals surface area (Å²) < 4.78 is 4.98. The number of para-hydroxylation sites is 1. The van der Waals surface area contributed by atoms with E-state index in [2.05, 4.69) is 41.1 Å². The van der Waals surface area contributed by atoms with Crippen molar-refractivity contribution in [1.29, 1.82) is 0 Å². The maximum atomic E-state index is 12.2. The predicted molar refractivity (Wildman–Crippen MR) is 101 cm³/mol. The molecule has 2 N–H and O–H groups in total. The summed E-state index contributed by atoms with van der Waals surface area (Å²) in [6.07, 6.45) is 2.97. The summed E-state index contributed by atoms with van der Waals surface area (Å²) >= 11 is 0. The van der Waals surface area contributed by atoms with Gasteiger partial charge in [0, 0.05) is 29.7 Å². The van der Waals surface area contributed by atoms with Crippen LogP contribution in [-0.4, -0.2) is 47.8 Å². The van der Waals surface area contributed by atoms with Gasteiger partial charge in [0.05, 0.1) is 25.7 Å². The van der Waals surface area contributed by atoms with Crippen molar-refractivity contribution in [2.75, 3.05) is 26.8 Å². The van der Waals surface area contributed by atoms with Crippen molar-refractivity contribution in [2.45, 2.75) is 32.2 Å². The van der Waals surface area contributed by atoms with Crippen LogP contribution in [0.2, 0.25) is 0 Å². The van der Waals surface area contributed by atoms with Gasteiger partial charge in [0.15, 0.2) is 0 Å². The summed E-state index contributed by atoms with van der Waals surface area (Å²) in [5, 5.41) is 11.2. The third kappa shape index (κ3) is 2.74. The molecule has 0 bridgehead atoms. The Labute approximate surface area is 154 Å². The van der Waals surface area contributed by atoms with E-state index in [4.69, 9.17) is 4.74 Å². The molecule has 4 atom stereocenters. The first-order valence-corrected chi connectivity index (χ1v) is 9.70. The first kappa shape index (κ1) is 17.6. The first-order valence-electron chi connectivity index (χ1n) is 9.70. The van der Waals surface area contributed by atoms with Crippen molar-refractivity contribution in [2.24, 2.45) is 17.8 Å². The number of aromatic amines is 1. The monoisotopic (exact) mass is 356 g/mol. The lowest BCUT2D eigenvalue weighted by atomic mass is 9.71. The number of aliphatic hydroxyl groups is 1. The fourth-order valence-corrected chi connectivity index (χ4v) is 5.20. The molecule has 0 unspecified atom stereocenters. The molecule has 1 saturated heterocycles. The molecule has 2 aliphatic rings. The number of H-pyrrole nitrogens is 1. The highest BCUT2D eigenvalue weighted by molar-refractivity contribution is 5.85. The van der Waals surface area contributed by atoms with E-state index in [-0.39, 0.29) is 24.5 Å². The van der Waals surface area contributed by atoms with E-state index in [9.17, 15) is 9.90 Å². The lowest BCUT2D eigenvalue weighted by Gasteiger charge is -2.47. The van der Waals surface area contributed by atoms with Crippen LogP contribution in [0.25, 0.3) is 10.9 Å². The average Bonchev–Trinajstić information content (AvgIpc) is 3.07. The molecule has 0 saturated carbocycles. The Morgan fingerprint density at radius 3 is 2.96 bits per heavy atom. The molecule has 5 heteroatoms. The van der Waals surface area contributed by atoms with E-state index in [1.54, 1.807) is 0 Å². The predicted octanol–water partition coefficient (Wildman–Crippen LogP) is 2.89. The Kier molecular flexibility index (Phi) is 4.76. The molecule has 5 nitrogen and oxygen atoms in total. The molecular formula is C21H28N2O3. The van der Waals surface area contributed by atoms with Crippen LogP contribution in [0.4, 0.5) is 0 Å². The number of aliphatic hydroxyl groups excluding tert-OH is 1. The minimum atomic E-state index is -0.429. The number of hydrogen-bond acceptors (Lipinski definition) is 4. The summed E-state index contributed by atoms with van der Waals surface area (Å²) in [5.41, 5.74) is 3.92. The minimum absolute atomic E-state index is 0.139. The zero-order valence-corrected chi connectivity index (χ0v) is 15.6. The number of carbonyl (C=O) groups is 1. The molecule has 0 aliphatic carbocycles. The summed E-state index contributed by atoms with van der Waals surface area (Å²) in [7, 11) is 1.41. The number of nitrogens with one attached hydrogen (secondary N) is 1. The molecule has 0 spiro atoms. The van der Waals surface area contributed by atoms with Crippen molar-refractivity contribution in [1.82, 2.24) is 9.88 Å². The molecule has 2 aromatic rings. The molecule has 0 amide bonds. The summed E-state index contributed by atoms with van der Waals surface area (Å²) in [6.45, 7) is 4.08. The van der Waals surface area contributed by atoms with Crippen LogP contribution in [0.15, 0.2) is 24.3 Å². The molecule has 1 aromatic carbocycles. The van der Waals surface area contributed by atoms with Crippen molar-refractivity contribution >= 4 is 16.9 Å². The Hall–Kier alpha value is -1.85. The average molecular weight is 356 g/mol. The number of nitrogens with zero attached hydrogens (tertiary/aromatic N) is 1. The Balaban J connectivity index is 1.70. The number of rotatable bonds is 4. The highest BCUT2D eigenvalue weighted by atomic mass is 16.5. The zero-order valence-electron chi connectivity index (χ0n) is 15.6. The van der Waals surface area contributed by atoms with Crippen LogP contribution in [0.5, 0.6) is 0 Å². The van der Waals surface area contributed by atoms with E-state index in [0.29, 0.717) is 5.92 Å². The van der Waals surface area contributed by atoms with Crippen LogP contribution in [0, 0.1) is 17.8 Å². The number of methoxy groups -OCH3 is 1. The number of esters is 1. The first-order chi connectivity index (χ1) is 12.7. The van der Waals surface area contributed by atoms with Gasteiger partial charge in [-0.15, -0.1) is 0 Å². The van der Waals surface area contributed by atoms with Crippen molar-refractivity contribution in [3.63, 3.8) is 0 Å². The van der Waals surface area contributed by atoms with E-state index in [0.717, 1.165) is 32.4 Å². The molecule has 0 radical (unpaired) electrons. The van der Waals surface area contributed by atoms with Gasteiger partial charge in [0.25, 0.3) is 0 Å². The van der Waals surface area contributed by atoms with Crippen molar-refractivity contribution in [3.05, 3.63) is 35.5 Å². The number of carbonyl (C=O) groups excluding carboxylic acids is 1. The highest BCUT2D eigenvalue weighted by Gasteiger charge is 2.44. The van der Waals surface area contributed by atoms with Crippen LogP contribution >= 0.6 is 0 Å². The Bertz CT molecular complexity index is 800. The summed E-state index contributed by atoms with van der Waals surface area (Å²) in [4.78, 5) is 18.5. The maximum absolute atomic E-state index is 12.2. The van der Waals surface area contributed by atoms with Gasteiger partial charge in [0.1, 0.15) is 0 Å². The second-order valence-corrected chi connectivity index (χ2v) is 7.70. The number of fused-ring (bicyclic) bond motifs is 5. The smallest absolute Gasteiger partial charge is 0.311 e. The zero-order chi connectivity index (χ0) is 18.3. The fraction of sp³-hybridized carbons (Fsp3) is 0.571. The topological polar surface area (TPSA) is 65.6 Å². The van der Waals surface area contributed by atoms with Gasteiger partial charge in [-0.05, 0) is 36.3 Å². The largest absolute Gasteiger partial charge is 0.469 e. The molecule has 140 valence electrons. The maximum Gasteiger partial charge on any atom is 0.311 e. The van der Waals surface area contributed by atoms with Crippen LogP contribution in [0.1, 0.15) is 37.1 Å². The third-order valence-corrected chi connectivity index (χ3v) is 6.58. The SMILES string of the molecule is CC[C@@H]1CN2CCc3c([nH]c4ccccc34)[C@H]2C[C@H]1[C@@H](CO)C(=O)OC. The molecule has 26 heavy (non-hydrogen) atoms. The van der Waals surface area contributed by atoms with Crippen LogP contribution < -0.4 is 0 Å². The van der Waals surface area contributed by atoms with Crippen molar-refractivity contribution < 1.29 is 14.6 Å². The standard InChI is InChI=1S/C21H28N2O3/c1-3-13-11-23-9-8-15-14-6-4-5-7-18(14)22-20(15)19(23)10-16(13)17(12-24)21(25)26-2/h4-7,13,16-17,19,22,24H,3,8-12H2,1-2H3/t13-,16-,17-,19-/m1/s1. The fourth-order valence-electron chi connectivity index (χ4n) is 5.20. The number of ether oxygens (including phenoxy) is 1. The number of benzene rings is 1. The number of piperidine rings is 1. The van der Waals surface area contributed by atoms with Gasteiger partial charge >= 0.3 is 5.97 Å². The van der Waals surface area contributed by atoms with Crippen LogP contribution in [-0.2, 0) is 16.0 Å². The van der Waals surface area contributed by atoms with Crippen molar-refractivity contribution in [3.8, 4) is 0 Å². The second kappa shape index (κ2) is 7.05. The minimum Gasteiger partial charge on any atom is -0.469 e. The van der Waals surface area contributed by atoms with Gasteiger partial charge < -0.3 is 14.8 Å². The van der Waals surface area contributed by atoms with Gasteiger partial charge in [-0.3, -0.25) is 9.69 Å². The lowest BCUT2D eigenvalue weighted by molar-refractivity contribution is -0.152. The number of aromatic nitrogens is 1. The van der Waals surface area contributed by atoms with Gasteiger partial charge in [-0.1, -0.05) is 31.5 Å². The quantitative estimate of drug-likeness (QED) is 0.827. The molecule has 2 aliphatic heterocycles. The van der Waals surface area contributed by atoms with E-state index < -0.39 is 5.92 Å². The lowest BCUT2D eigenvalue weighted by Crippen LogP contribution is -2.49. The van der Waals surface area contributed by atoms with Gasteiger partial charge in [-0.2, -0.15) is 0 Å². The Morgan fingerprint density at radius 2 is 2.23 bits per heavy atom. The number of hydrogen-bond donors (Lipinski definition) is 2. The molecular weight excluding hydrogens is 328 g/mol. The van der Waals surface area contributed by atoms with E-state index in [1.165, 1.54) is 29.3 Å². The summed E-state index contributed by atoms with van der Waals surface area (Å²) in [5.74, 6) is -0.150. The normalized spacial score (nSPS) is 27.0. The highest BCUT2D eigenvalue weighted by Crippen LogP contribution is 2.45. The van der Waals surface area contributed by atoms with Gasteiger partial charge in [-0.25, -0.2) is 0 Å².